The summed E-state index contributed by atoms with van der Waals surface area (Å²) in [5, 5.41) is 3.61. The quantitative estimate of drug-likeness (QED) is 0.0624. The van der Waals surface area contributed by atoms with Crippen LogP contribution in [0.5, 0.6) is 0 Å². The van der Waals surface area contributed by atoms with Gasteiger partial charge in [-0.3, -0.25) is 0 Å². The van der Waals surface area contributed by atoms with Gasteiger partial charge in [0.2, 0.25) is 6.62 Å². The number of unbranched alkanes of at least 4 members (excludes halogenated alkanes) is 4. The van der Waals surface area contributed by atoms with Crippen molar-refractivity contribution in [3.63, 3.8) is 0 Å². The number of benzene rings is 3. The van der Waals surface area contributed by atoms with Gasteiger partial charge in [0.25, 0.3) is 0 Å². The van der Waals surface area contributed by atoms with Gasteiger partial charge in [0.15, 0.2) is 6.29 Å². The molecule has 4 heteroatoms. The highest BCUT2D eigenvalue weighted by Crippen LogP contribution is 2.60. The van der Waals surface area contributed by atoms with Crippen molar-refractivity contribution in [1.29, 1.82) is 0 Å². The fourth-order valence-corrected chi connectivity index (χ4v) is 8.34. The Morgan fingerprint density at radius 2 is 1.15 bits per heavy atom. The lowest BCUT2D eigenvalue weighted by Crippen LogP contribution is -2.27. The molecule has 0 aliphatic rings. The molecule has 3 rings (SSSR count). The molecule has 0 atom stereocenters. The van der Waals surface area contributed by atoms with Gasteiger partial charge in [-0.25, -0.2) is 0 Å². The molecular weight excluding hydrogens is 519 g/mol. The van der Waals surface area contributed by atoms with Gasteiger partial charge in [-0.2, -0.15) is 0 Å². The number of hydrogen-bond acceptors (Lipinski definition) is 2. The van der Waals surface area contributed by atoms with Crippen molar-refractivity contribution in [3.8, 4) is 0 Å². The maximum absolute atomic E-state index is 7.52. The SMILES string of the molecule is CCCOC(CCCCC/C=C/CCCc1ccc([P+](Cl)(c2ccccc2)c2ccccc2)cc1)OCCC. The van der Waals surface area contributed by atoms with Gasteiger partial charge in [0.05, 0.1) is 0 Å². The van der Waals surface area contributed by atoms with Crippen LogP contribution >= 0.6 is 17.9 Å². The zero-order valence-corrected chi connectivity index (χ0v) is 25.6. The van der Waals surface area contributed by atoms with Crippen LogP contribution in [0.4, 0.5) is 0 Å². The molecule has 0 saturated carbocycles. The summed E-state index contributed by atoms with van der Waals surface area (Å²) in [6.45, 7) is 3.70. The van der Waals surface area contributed by atoms with Crippen molar-refractivity contribution in [3.05, 3.63) is 103 Å². The van der Waals surface area contributed by atoms with Crippen molar-refractivity contribution in [2.24, 2.45) is 0 Å². The molecule has 210 valence electrons. The van der Waals surface area contributed by atoms with Crippen LogP contribution in [0.1, 0.15) is 77.2 Å². The van der Waals surface area contributed by atoms with E-state index in [2.05, 4.69) is 111 Å². The molecular formula is C35H47ClO2P+. The van der Waals surface area contributed by atoms with E-state index in [9.17, 15) is 0 Å². The molecule has 0 amide bonds. The number of aryl methyl sites for hydroxylation is 1. The standard InChI is InChI=1S/C35H47ClO2P/c1-3-29-37-35(38-30-4-2)24-18-10-8-6-5-7-9-13-19-31-25-27-34(28-26-31)39(36,32-20-14-11-15-21-32)33-22-16-12-17-23-33/h5,7,11-12,14-17,20-23,25-28,35H,3-4,6,8-10,13,18-19,24,29-30H2,1-2H3/q+1/b7-5+. The number of allylic oxidation sites excluding steroid dienone is 2. The van der Waals surface area contributed by atoms with E-state index in [0.717, 1.165) is 51.7 Å². The third-order valence-corrected chi connectivity index (χ3v) is 11.6. The summed E-state index contributed by atoms with van der Waals surface area (Å²) >= 11 is 7.52. The Labute approximate surface area is 242 Å². The van der Waals surface area contributed by atoms with Gasteiger partial charge in [0, 0.05) is 13.2 Å². The monoisotopic (exact) mass is 565 g/mol. The molecule has 0 heterocycles. The summed E-state index contributed by atoms with van der Waals surface area (Å²) in [7, 11) is 0. The van der Waals surface area contributed by atoms with Gasteiger partial charge in [-0.15, -0.1) is 0 Å². The molecule has 0 N–H and O–H groups in total. The average Bonchev–Trinajstić information content (AvgIpc) is 2.99. The maximum Gasteiger partial charge on any atom is 0.210 e. The third-order valence-electron chi connectivity index (χ3n) is 6.85. The van der Waals surface area contributed by atoms with Crippen LogP contribution in [0, 0.1) is 0 Å². The second-order valence-electron chi connectivity index (χ2n) is 10.1. The Morgan fingerprint density at radius 3 is 1.69 bits per heavy atom. The van der Waals surface area contributed by atoms with Crippen LogP contribution in [0.2, 0.25) is 0 Å². The predicted molar refractivity (Wildman–Crippen MR) is 172 cm³/mol. The zero-order valence-electron chi connectivity index (χ0n) is 23.9. The van der Waals surface area contributed by atoms with E-state index in [1.807, 2.05) is 0 Å². The molecule has 0 fully saturated rings. The minimum atomic E-state index is -2.17. The molecule has 0 bridgehead atoms. The summed E-state index contributed by atoms with van der Waals surface area (Å²) in [5.74, 6) is 0. The van der Waals surface area contributed by atoms with Crippen molar-refractivity contribution >= 4 is 33.8 Å². The average molecular weight is 566 g/mol. The Bertz CT molecular complexity index is 1010. The summed E-state index contributed by atoms with van der Waals surface area (Å²) in [6, 6.07) is 30.1. The van der Waals surface area contributed by atoms with E-state index in [-0.39, 0.29) is 6.29 Å². The fraction of sp³-hybridized carbons (Fsp3) is 0.429. The summed E-state index contributed by atoms with van der Waals surface area (Å²) in [6.07, 6.45) is 16.0. The molecule has 39 heavy (non-hydrogen) atoms. The lowest BCUT2D eigenvalue weighted by molar-refractivity contribution is -0.146. The number of hydrogen-bond donors (Lipinski definition) is 0. The van der Waals surface area contributed by atoms with E-state index in [1.165, 1.54) is 47.2 Å². The molecule has 2 nitrogen and oxygen atoms in total. The smallest absolute Gasteiger partial charge is 0.210 e. The molecule has 0 spiro atoms. The summed E-state index contributed by atoms with van der Waals surface area (Å²) in [4.78, 5) is 0. The highest BCUT2D eigenvalue weighted by Gasteiger charge is 2.44. The maximum atomic E-state index is 7.52. The normalized spacial score (nSPS) is 12.0. The van der Waals surface area contributed by atoms with E-state index in [1.54, 1.807) is 0 Å². The van der Waals surface area contributed by atoms with Crippen LogP contribution in [0.3, 0.4) is 0 Å². The van der Waals surface area contributed by atoms with Gasteiger partial charge in [-0.1, -0.05) is 81.0 Å². The van der Waals surface area contributed by atoms with E-state index in [4.69, 9.17) is 20.7 Å². The first-order valence-corrected chi connectivity index (χ1v) is 17.6. The fourth-order valence-electron chi connectivity index (χ4n) is 4.71. The number of halogens is 1. The summed E-state index contributed by atoms with van der Waals surface area (Å²) < 4.78 is 11.6. The number of rotatable bonds is 19. The van der Waals surface area contributed by atoms with Crippen molar-refractivity contribution in [2.75, 3.05) is 13.2 Å². The largest absolute Gasteiger partial charge is 0.353 e. The second kappa shape index (κ2) is 18.4. The Balaban J connectivity index is 1.40. The third kappa shape index (κ3) is 10.5. The molecule has 0 radical (unpaired) electrons. The topological polar surface area (TPSA) is 18.5 Å². The Morgan fingerprint density at radius 1 is 0.641 bits per heavy atom. The van der Waals surface area contributed by atoms with Crippen LogP contribution < -0.4 is 15.9 Å². The lowest BCUT2D eigenvalue weighted by atomic mass is 10.1. The first-order valence-electron chi connectivity index (χ1n) is 14.9. The van der Waals surface area contributed by atoms with Crippen molar-refractivity contribution < 1.29 is 9.47 Å². The van der Waals surface area contributed by atoms with Gasteiger partial charge in [-0.05, 0) is 99.7 Å². The predicted octanol–water partition coefficient (Wildman–Crippen LogP) is 9.14. The zero-order chi connectivity index (χ0) is 27.6. The Kier molecular flexibility index (Phi) is 14.9. The van der Waals surface area contributed by atoms with Crippen LogP contribution in [0.15, 0.2) is 97.1 Å². The lowest BCUT2D eigenvalue weighted by Gasteiger charge is -2.19. The molecule has 0 aromatic heterocycles. The molecule has 0 aliphatic heterocycles. The summed E-state index contributed by atoms with van der Waals surface area (Å²) in [5.41, 5.74) is 1.38. The molecule has 0 saturated heterocycles. The van der Waals surface area contributed by atoms with Crippen LogP contribution in [-0.2, 0) is 15.9 Å². The first kappa shape index (κ1) is 31.6. The van der Waals surface area contributed by atoms with Crippen LogP contribution in [-0.4, -0.2) is 19.5 Å². The highest BCUT2D eigenvalue weighted by atomic mass is 35.7. The Hall–Kier alpha value is -1.96. The molecule has 0 aliphatic carbocycles. The van der Waals surface area contributed by atoms with Crippen molar-refractivity contribution in [1.82, 2.24) is 0 Å². The van der Waals surface area contributed by atoms with E-state index < -0.39 is 6.62 Å². The van der Waals surface area contributed by atoms with Crippen molar-refractivity contribution in [2.45, 2.75) is 84.3 Å². The van der Waals surface area contributed by atoms with Gasteiger partial charge in [0.1, 0.15) is 27.2 Å². The van der Waals surface area contributed by atoms with E-state index >= 15 is 0 Å². The highest BCUT2D eigenvalue weighted by molar-refractivity contribution is 8.14. The number of ether oxygens (including phenoxy) is 2. The molecule has 3 aromatic rings. The van der Waals surface area contributed by atoms with Crippen LogP contribution in [0.25, 0.3) is 0 Å². The van der Waals surface area contributed by atoms with E-state index in [0.29, 0.717) is 0 Å². The van der Waals surface area contributed by atoms with Gasteiger partial charge < -0.3 is 9.47 Å². The first-order chi connectivity index (χ1) is 19.2. The molecule has 3 aromatic carbocycles. The molecule has 0 unspecified atom stereocenters. The minimum Gasteiger partial charge on any atom is -0.353 e. The minimum absolute atomic E-state index is 0.0195. The second-order valence-corrected chi connectivity index (χ2v) is 14.3. The van der Waals surface area contributed by atoms with Gasteiger partial charge >= 0.3 is 0 Å².